The third-order valence-corrected chi connectivity index (χ3v) is 4.41. The van der Waals surface area contributed by atoms with Crippen molar-refractivity contribution in [3.63, 3.8) is 0 Å². The second-order valence-electron chi connectivity index (χ2n) is 3.71. The molecular formula is C12H13BrFNO2S. The van der Waals surface area contributed by atoms with Crippen molar-refractivity contribution in [1.82, 2.24) is 4.72 Å². The Hall–Kier alpha value is -0.900. The Labute approximate surface area is 115 Å². The highest BCUT2D eigenvalue weighted by Crippen LogP contribution is 2.19. The number of halogens is 2. The molecule has 1 atom stereocenters. The largest absolute Gasteiger partial charge is 0.243 e. The standard InChI is InChI=1S/C12H13BrFNO2S/c1-3-5-10(4-2)15-18(16,17)12-7-6-9(13)8-11(12)14/h1,6-8,10,15H,4-5H2,2H3. The maximum atomic E-state index is 13.6. The maximum absolute atomic E-state index is 13.6. The van der Waals surface area contributed by atoms with E-state index in [0.717, 1.165) is 6.07 Å². The van der Waals surface area contributed by atoms with Crippen LogP contribution < -0.4 is 4.72 Å². The molecule has 1 aromatic rings. The maximum Gasteiger partial charge on any atom is 0.243 e. The zero-order chi connectivity index (χ0) is 13.8. The zero-order valence-corrected chi connectivity index (χ0v) is 12.2. The molecule has 1 rings (SSSR count). The van der Waals surface area contributed by atoms with Crippen LogP contribution in [0.15, 0.2) is 27.6 Å². The normalized spacial score (nSPS) is 13.0. The molecule has 0 fully saturated rings. The first-order valence-corrected chi connectivity index (χ1v) is 7.59. The van der Waals surface area contributed by atoms with Gasteiger partial charge in [0.2, 0.25) is 10.0 Å². The molecule has 0 heterocycles. The van der Waals surface area contributed by atoms with Gasteiger partial charge in [0, 0.05) is 16.9 Å². The molecule has 18 heavy (non-hydrogen) atoms. The van der Waals surface area contributed by atoms with E-state index in [1.807, 2.05) is 6.92 Å². The summed E-state index contributed by atoms with van der Waals surface area (Å²) in [6, 6.07) is 3.41. The van der Waals surface area contributed by atoms with Crippen LogP contribution in [-0.4, -0.2) is 14.5 Å². The summed E-state index contributed by atoms with van der Waals surface area (Å²) in [5, 5.41) is 0. The van der Waals surface area contributed by atoms with Crippen molar-refractivity contribution in [2.24, 2.45) is 0 Å². The molecule has 1 unspecified atom stereocenters. The first-order valence-electron chi connectivity index (χ1n) is 5.31. The SMILES string of the molecule is C#CCC(CC)NS(=O)(=O)c1ccc(Br)cc1F. The second kappa shape index (κ2) is 6.32. The van der Waals surface area contributed by atoms with Gasteiger partial charge in [-0.05, 0) is 24.6 Å². The van der Waals surface area contributed by atoms with Crippen LogP contribution in [-0.2, 0) is 10.0 Å². The Morgan fingerprint density at radius 1 is 1.56 bits per heavy atom. The molecule has 6 heteroatoms. The van der Waals surface area contributed by atoms with Gasteiger partial charge in [-0.15, -0.1) is 12.3 Å². The average Bonchev–Trinajstić information content (AvgIpc) is 2.27. The Balaban J connectivity index is 3.03. The van der Waals surface area contributed by atoms with Crippen molar-refractivity contribution in [2.75, 3.05) is 0 Å². The number of terminal acetylenes is 1. The molecule has 0 aromatic heterocycles. The first kappa shape index (κ1) is 15.2. The molecule has 0 bridgehead atoms. The van der Waals surface area contributed by atoms with Crippen molar-refractivity contribution in [2.45, 2.75) is 30.7 Å². The van der Waals surface area contributed by atoms with Crippen LogP contribution in [0.5, 0.6) is 0 Å². The Morgan fingerprint density at radius 2 is 2.22 bits per heavy atom. The number of benzene rings is 1. The lowest BCUT2D eigenvalue weighted by atomic mass is 10.2. The predicted octanol–water partition coefficient (Wildman–Crippen LogP) is 2.67. The van der Waals surface area contributed by atoms with Crippen LogP contribution in [0.3, 0.4) is 0 Å². The molecule has 0 aliphatic carbocycles. The molecule has 3 nitrogen and oxygen atoms in total. The molecular weight excluding hydrogens is 321 g/mol. The van der Waals surface area contributed by atoms with Crippen molar-refractivity contribution < 1.29 is 12.8 Å². The molecule has 98 valence electrons. The highest BCUT2D eigenvalue weighted by molar-refractivity contribution is 9.10. The third kappa shape index (κ3) is 3.80. The Kier molecular flexibility index (Phi) is 5.32. The third-order valence-electron chi connectivity index (χ3n) is 2.36. The van der Waals surface area contributed by atoms with Crippen molar-refractivity contribution in [3.05, 3.63) is 28.5 Å². The van der Waals surface area contributed by atoms with Crippen LogP contribution in [0.4, 0.5) is 4.39 Å². The van der Waals surface area contributed by atoms with Gasteiger partial charge >= 0.3 is 0 Å². The zero-order valence-electron chi connectivity index (χ0n) is 9.78. The molecule has 0 radical (unpaired) electrons. The van der Waals surface area contributed by atoms with Crippen LogP contribution in [0.1, 0.15) is 19.8 Å². The van der Waals surface area contributed by atoms with E-state index < -0.39 is 15.8 Å². The van der Waals surface area contributed by atoms with Crippen LogP contribution >= 0.6 is 15.9 Å². The smallest absolute Gasteiger partial charge is 0.207 e. The van der Waals surface area contributed by atoms with Crippen molar-refractivity contribution >= 4 is 26.0 Å². The minimum absolute atomic E-state index is 0.272. The Morgan fingerprint density at radius 3 is 2.72 bits per heavy atom. The molecule has 0 aliphatic rings. The highest BCUT2D eigenvalue weighted by Gasteiger charge is 2.22. The van der Waals surface area contributed by atoms with E-state index in [1.54, 1.807) is 0 Å². The van der Waals surface area contributed by atoms with Gasteiger partial charge in [0.05, 0.1) is 0 Å². The first-order chi connectivity index (χ1) is 8.40. The summed E-state index contributed by atoms with van der Waals surface area (Å²) in [5.74, 6) is 1.59. The summed E-state index contributed by atoms with van der Waals surface area (Å²) in [4.78, 5) is -0.374. The van der Waals surface area contributed by atoms with Crippen molar-refractivity contribution in [1.29, 1.82) is 0 Å². The lowest BCUT2D eigenvalue weighted by molar-refractivity contribution is 0.530. The number of nitrogens with one attached hydrogen (secondary N) is 1. The van der Waals surface area contributed by atoms with Gasteiger partial charge in [-0.25, -0.2) is 17.5 Å². The minimum atomic E-state index is -3.88. The van der Waals surface area contributed by atoms with Gasteiger partial charge < -0.3 is 0 Å². The molecule has 0 saturated heterocycles. The van der Waals surface area contributed by atoms with Gasteiger partial charge in [0.25, 0.3) is 0 Å². The number of rotatable bonds is 5. The Bertz CT molecular complexity index is 566. The number of sulfonamides is 1. The molecule has 1 aromatic carbocycles. The van der Waals surface area contributed by atoms with E-state index in [2.05, 4.69) is 26.6 Å². The summed E-state index contributed by atoms with van der Waals surface area (Å²) in [6.07, 6.45) is 5.96. The van der Waals surface area contributed by atoms with Crippen molar-refractivity contribution in [3.8, 4) is 12.3 Å². The van der Waals surface area contributed by atoms with Gasteiger partial charge in [0.15, 0.2) is 0 Å². The molecule has 0 amide bonds. The monoisotopic (exact) mass is 333 g/mol. The van der Waals surface area contributed by atoms with E-state index >= 15 is 0 Å². The van der Waals surface area contributed by atoms with Gasteiger partial charge in [-0.1, -0.05) is 22.9 Å². The summed E-state index contributed by atoms with van der Waals surface area (Å²) < 4.78 is 40.4. The molecule has 0 aliphatic heterocycles. The summed E-state index contributed by atoms with van der Waals surface area (Å²) in [7, 11) is -3.88. The lowest BCUT2D eigenvalue weighted by Gasteiger charge is -2.15. The number of hydrogen-bond donors (Lipinski definition) is 1. The minimum Gasteiger partial charge on any atom is -0.207 e. The van der Waals surface area contributed by atoms with Crippen LogP contribution in [0.2, 0.25) is 0 Å². The van der Waals surface area contributed by atoms with Gasteiger partial charge in [-0.3, -0.25) is 0 Å². The van der Waals surface area contributed by atoms with E-state index in [9.17, 15) is 12.8 Å². The molecule has 1 N–H and O–H groups in total. The van der Waals surface area contributed by atoms with E-state index in [0.29, 0.717) is 10.9 Å². The topological polar surface area (TPSA) is 46.2 Å². The highest BCUT2D eigenvalue weighted by atomic mass is 79.9. The lowest BCUT2D eigenvalue weighted by Crippen LogP contribution is -2.34. The van der Waals surface area contributed by atoms with Crippen LogP contribution in [0.25, 0.3) is 0 Å². The van der Waals surface area contributed by atoms with Gasteiger partial charge in [-0.2, -0.15) is 0 Å². The summed E-state index contributed by atoms with van der Waals surface area (Å²) in [5.41, 5.74) is 0. The summed E-state index contributed by atoms with van der Waals surface area (Å²) in [6.45, 7) is 1.81. The average molecular weight is 334 g/mol. The fraction of sp³-hybridized carbons (Fsp3) is 0.333. The van der Waals surface area contributed by atoms with E-state index in [1.165, 1.54) is 12.1 Å². The molecule has 0 saturated carbocycles. The van der Waals surface area contributed by atoms with Gasteiger partial charge in [0.1, 0.15) is 10.7 Å². The predicted molar refractivity (Wildman–Crippen MR) is 72.0 cm³/mol. The van der Waals surface area contributed by atoms with E-state index in [4.69, 9.17) is 6.42 Å². The second-order valence-corrected chi connectivity index (χ2v) is 6.31. The molecule has 0 spiro atoms. The van der Waals surface area contributed by atoms with Crippen LogP contribution in [0, 0.1) is 18.2 Å². The fourth-order valence-corrected chi connectivity index (χ4v) is 3.10. The van der Waals surface area contributed by atoms with E-state index in [-0.39, 0.29) is 17.4 Å². The number of hydrogen-bond acceptors (Lipinski definition) is 2. The quantitative estimate of drug-likeness (QED) is 0.842. The fourth-order valence-electron chi connectivity index (χ4n) is 1.39. The summed E-state index contributed by atoms with van der Waals surface area (Å²) >= 11 is 3.07.